The van der Waals surface area contributed by atoms with Crippen LogP contribution in [0.15, 0.2) is 43.5 Å². The van der Waals surface area contributed by atoms with Crippen molar-refractivity contribution < 1.29 is 23.5 Å². The Morgan fingerprint density at radius 1 is 1.05 bits per heavy atom. The fourth-order valence-corrected chi connectivity index (χ4v) is 8.00. The molecule has 0 unspecified atom stereocenters. The number of imidazole rings is 1. The molecular weight excluding hydrogens is 463 g/mol. The standard InChI is InChI=1S/C8H18OSi2.C6H8N2.Pt/c1-7-10(3,4)9-11(5,6)8-2;1-3-8-5-4-7(2)6-8;/h7-8H,1-2H2,3-6H3;3-5H,1H2,2H3;. The summed E-state index contributed by atoms with van der Waals surface area (Å²) in [5.41, 5.74) is 3.93. The third-order valence-corrected chi connectivity index (χ3v) is 10.2. The van der Waals surface area contributed by atoms with E-state index in [1.54, 1.807) is 6.20 Å². The first-order valence-electron chi connectivity index (χ1n) is 6.37. The van der Waals surface area contributed by atoms with Gasteiger partial charge in [-0.05, 0) is 26.2 Å². The fourth-order valence-electron chi connectivity index (χ4n) is 1.36. The van der Waals surface area contributed by atoms with Gasteiger partial charge in [-0.15, -0.1) is 13.2 Å². The first-order chi connectivity index (χ1) is 9.08. The zero-order chi connectivity index (χ0) is 16.0. The van der Waals surface area contributed by atoms with Crippen LogP contribution < -0.4 is 0 Å². The summed E-state index contributed by atoms with van der Waals surface area (Å²) in [6.07, 6.45) is 5.74. The van der Waals surface area contributed by atoms with Crippen LogP contribution >= 0.6 is 0 Å². The summed E-state index contributed by atoms with van der Waals surface area (Å²) in [6.45, 7) is 19.8. The van der Waals surface area contributed by atoms with E-state index in [-0.39, 0.29) is 0 Å². The summed E-state index contributed by atoms with van der Waals surface area (Å²) in [4.78, 5) is 0. The van der Waals surface area contributed by atoms with E-state index < -0.39 is 16.6 Å². The summed E-state index contributed by atoms with van der Waals surface area (Å²) in [5.74, 6) is 0. The zero-order valence-electron chi connectivity index (χ0n) is 13.1. The van der Waals surface area contributed by atoms with Gasteiger partial charge in [-0.1, -0.05) is 11.4 Å². The minimum absolute atomic E-state index is 1.16. The topological polar surface area (TPSA) is 19.1 Å². The molecule has 0 fully saturated rings. The van der Waals surface area contributed by atoms with Crippen molar-refractivity contribution in [1.82, 2.24) is 9.13 Å². The van der Waals surface area contributed by atoms with E-state index in [2.05, 4.69) is 65.3 Å². The Labute approximate surface area is 136 Å². The van der Waals surface area contributed by atoms with E-state index in [0.29, 0.717) is 0 Å². The molecule has 0 atom stereocenters. The van der Waals surface area contributed by atoms with Gasteiger partial charge in [-0.25, -0.2) is 0 Å². The predicted molar refractivity (Wildman–Crippen MR) is 89.5 cm³/mol. The van der Waals surface area contributed by atoms with Gasteiger partial charge in [0.05, 0.1) is 0 Å². The van der Waals surface area contributed by atoms with E-state index in [0.717, 1.165) is 3.80 Å². The molecule has 0 bridgehead atoms. The maximum atomic E-state index is 5.97. The summed E-state index contributed by atoms with van der Waals surface area (Å²) < 4.78 is 11.1. The van der Waals surface area contributed by atoms with Crippen molar-refractivity contribution in [1.29, 1.82) is 0 Å². The van der Waals surface area contributed by atoms with Gasteiger partial charge in [-0.2, -0.15) is 0 Å². The van der Waals surface area contributed by atoms with Crippen LogP contribution in [-0.4, -0.2) is 25.8 Å². The Balaban J connectivity index is 0.000000367. The van der Waals surface area contributed by atoms with Gasteiger partial charge in [0.2, 0.25) is 0 Å². The number of nitrogens with zero attached hydrogens (tertiary/aromatic N) is 2. The van der Waals surface area contributed by atoms with Gasteiger partial charge in [-0.3, -0.25) is 0 Å². The molecule has 20 heavy (non-hydrogen) atoms. The van der Waals surface area contributed by atoms with Crippen molar-refractivity contribution in [2.75, 3.05) is 0 Å². The third kappa shape index (κ3) is 6.79. The second kappa shape index (κ2) is 8.08. The van der Waals surface area contributed by atoms with Crippen LogP contribution in [0, 0.1) is 3.80 Å². The van der Waals surface area contributed by atoms with Crippen molar-refractivity contribution in [3.05, 3.63) is 47.3 Å². The summed E-state index contributed by atoms with van der Waals surface area (Å²) in [7, 11) is -1.16. The summed E-state index contributed by atoms with van der Waals surface area (Å²) >= 11 is 2.24. The molecule has 0 saturated carbocycles. The maximum absolute atomic E-state index is 5.97. The molecule has 1 aromatic rings. The van der Waals surface area contributed by atoms with Crippen LogP contribution in [0.1, 0.15) is 0 Å². The molecule has 0 radical (unpaired) electrons. The van der Waals surface area contributed by atoms with Crippen LogP contribution in [0.2, 0.25) is 26.2 Å². The van der Waals surface area contributed by atoms with Crippen LogP contribution in [0.3, 0.4) is 0 Å². The molecule has 0 aliphatic carbocycles. The SMILES string of the molecule is C=C[Si](C)(C)O[Si](C)(C)C=C.C=Cn1ccn(C)[c]1=[Pt]. The first-order valence-corrected chi connectivity index (χ1v) is 13.5. The van der Waals surface area contributed by atoms with Crippen LogP contribution in [0.5, 0.6) is 0 Å². The quantitative estimate of drug-likeness (QED) is 0.575. The van der Waals surface area contributed by atoms with Crippen LogP contribution in [0.4, 0.5) is 0 Å². The van der Waals surface area contributed by atoms with Crippen molar-refractivity contribution in [2.45, 2.75) is 26.2 Å². The Kier molecular flexibility index (Phi) is 7.88. The number of hydrogen-bond acceptors (Lipinski definition) is 1. The molecule has 0 N–H and O–H groups in total. The predicted octanol–water partition coefficient (Wildman–Crippen LogP) is 3.87. The Morgan fingerprint density at radius 2 is 1.50 bits per heavy atom. The molecule has 1 aromatic heterocycles. The van der Waals surface area contributed by atoms with Crippen molar-refractivity contribution in [3.63, 3.8) is 0 Å². The van der Waals surface area contributed by atoms with Crippen LogP contribution in [-0.2, 0) is 30.5 Å². The molecule has 0 spiro atoms. The van der Waals surface area contributed by atoms with Gasteiger partial charge in [0.15, 0.2) is 16.6 Å². The molecule has 1 heterocycles. The molecule has 116 valence electrons. The van der Waals surface area contributed by atoms with Gasteiger partial charge in [0, 0.05) is 0 Å². The first kappa shape index (κ1) is 19.5. The molecule has 0 aliphatic heterocycles. The molecule has 3 nitrogen and oxygen atoms in total. The average molecular weight is 490 g/mol. The monoisotopic (exact) mass is 489 g/mol. The van der Waals surface area contributed by atoms with Gasteiger partial charge in [0.25, 0.3) is 0 Å². The van der Waals surface area contributed by atoms with E-state index in [1.807, 2.05) is 40.0 Å². The summed E-state index contributed by atoms with van der Waals surface area (Å²) in [5, 5.41) is 0. The molecule has 0 aliphatic rings. The number of aryl methyl sites for hydroxylation is 1. The summed E-state index contributed by atoms with van der Waals surface area (Å²) in [6, 6.07) is 0. The zero-order valence-corrected chi connectivity index (χ0v) is 17.4. The molecule has 0 aromatic carbocycles. The molecule has 0 amide bonds. The van der Waals surface area contributed by atoms with Gasteiger partial charge in [0.1, 0.15) is 0 Å². The fraction of sp³-hybridized carbons (Fsp3) is 0.357. The van der Waals surface area contributed by atoms with Crippen molar-refractivity contribution >= 4 is 22.8 Å². The second-order valence-corrected chi connectivity index (χ2v) is 14.5. The third-order valence-electron chi connectivity index (χ3n) is 2.62. The number of hydrogen-bond donors (Lipinski definition) is 0. The average Bonchev–Trinajstić information content (AvgIpc) is 2.69. The van der Waals surface area contributed by atoms with Crippen molar-refractivity contribution in [2.24, 2.45) is 7.05 Å². The normalized spacial score (nSPS) is 11.3. The second-order valence-electron chi connectivity index (χ2n) is 5.46. The molecule has 1 rings (SSSR count). The molecular formula is C14H26N2OPtSi2. The Morgan fingerprint density at radius 3 is 1.70 bits per heavy atom. The van der Waals surface area contributed by atoms with E-state index in [1.165, 1.54) is 0 Å². The van der Waals surface area contributed by atoms with Gasteiger partial charge >= 0.3 is 64.5 Å². The van der Waals surface area contributed by atoms with Gasteiger partial charge < -0.3 is 4.12 Å². The van der Waals surface area contributed by atoms with Crippen LogP contribution in [0.25, 0.3) is 6.20 Å². The number of rotatable bonds is 5. The number of aromatic nitrogens is 2. The van der Waals surface area contributed by atoms with E-state index >= 15 is 0 Å². The molecule has 0 saturated heterocycles. The molecule has 6 heteroatoms. The van der Waals surface area contributed by atoms with Crippen molar-refractivity contribution in [3.8, 4) is 0 Å². The Hall–Kier alpha value is -0.488. The Bertz CT molecular complexity index is 512. The minimum atomic E-state index is -1.58. The van der Waals surface area contributed by atoms with E-state index in [4.69, 9.17) is 4.12 Å². The van der Waals surface area contributed by atoms with E-state index in [9.17, 15) is 0 Å².